The molecule has 0 rings (SSSR count). The zero-order valence-corrected chi connectivity index (χ0v) is 11.4. The number of unbranched alkanes of at least 4 members (excludes halogenated alkanes) is 7. The Morgan fingerprint density at radius 3 is 2.12 bits per heavy atom. The Bertz CT molecular complexity index is 160. The van der Waals surface area contributed by atoms with Crippen molar-refractivity contribution in [3.8, 4) is 0 Å². The molecule has 3 heteroatoms. The molecule has 0 fully saturated rings. The highest BCUT2D eigenvalue weighted by molar-refractivity contribution is 7.80. The number of hydrogen-bond donors (Lipinski definition) is 1. The lowest BCUT2D eigenvalue weighted by Crippen LogP contribution is -2.06. The van der Waals surface area contributed by atoms with Gasteiger partial charge in [0.2, 0.25) is 0 Å². The first-order valence-corrected chi connectivity index (χ1v) is 7.21. The summed E-state index contributed by atoms with van der Waals surface area (Å²) in [4.78, 5) is 11.0. The molecule has 2 nitrogen and oxygen atoms in total. The lowest BCUT2D eigenvalue weighted by Gasteiger charge is -2.03. The molecule has 0 aliphatic heterocycles. The van der Waals surface area contributed by atoms with E-state index in [1.165, 1.54) is 44.9 Å². The SMILES string of the molecule is CCCCCCCCCCOC(=O)CCS. The van der Waals surface area contributed by atoms with Gasteiger partial charge in [-0.15, -0.1) is 0 Å². The summed E-state index contributed by atoms with van der Waals surface area (Å²) in [6.07, 6.45) is 10.6. The topological polar surface area (TPSA) is 26.3 Å². The van der Waals surface area contributed by atoms with Gasteiger partial charge in [0.25, 0.3) is 0 Å². The zero-order valence-electron chi connectivity index (χ0n) is 10.5. The Balaban J connectivity index is 3.01. The third-order valence-corrected chi connectivity index (χ3v) is 2.80. The van der Waals surface area contributed by atoms with E-state index in [0.717, 1.165) is 6.42 Å². The van der Waals surface area contributed by atoms with Gasteiger partial charge in [-0.1, -0.05) is 51.9 Å². The van der Waals surface area contributed by atoms with Crippen molar-refractivity contribution >= 4 is 18.6 Å². The van der Waals surface area contributed by atoms with Crippen LogP contribution in [0, 0.1) is 0 Å². The van der Waals surface area contributed by atoms with Crippen LogP contribution in [-0.4, -0.2) is 18.3 Å². The highest BCUT2D eigenvalue weighted by atomic mass is 32.1. The Morgan fingerprint density at radius 2 is 1.56 bits per heavy atom. The van der Waals surface area contributed by atoms with Gasteiger partial charge in [0.05, 0.1) is 13.0 Å². The van der Waals surface area contributed by atoms with Crippen LogP contribution in [-0.2, 0) is 9.53 Å². The van der Waals surface area contributed by atoms with Crippen molar-refractivity contribution in [1.82, 2.24) is 0 Å². The fourth-order valence-electron chi connectivity index (χ4n) is 1.59. The molecule has 0 radical (unpaired) electrons. The van der Waals surface area contributed by atoms with Crippen molar-refractivity contribution < 1.29 is 9.53 Å². The summed E-state index contributed by atoms with van der Waals surface area (Å²) in [6, 6.07) is 0. The van der Waals surface area contributed by atoms with E-state index in [1.807, 2.05) is 0 Å². The molecule has 0 bridgehead atoms. The average molecular weight is 246 g/mol. The van der Waals surface area contributed by atoms with E-state index in [1.54, 1.807) is 0 Å². The summed E-state index contributed by atoms with van der Waals surface area (Å²) in [5.41, 5.74) is 0. The molecule has 0 aromatic carbocycles. The Hall–Kier alpha value is -0.180. The number of hydrogen-bond acceptors (Lipinski definition) is 3. The molecule has 0 atom stereocenters. The van der Waals surface area contributed by atoms with Crippen LogP contribution in [0.5, 0.6) is 0 Å². The normalized spacial score (nSPS) is 10.4. The molecule has 0 aliphatic rings. The summed E-state index contributed by atoms with van der Waals surface area (Å²) >= 11 is 3.98. The summed E-state index contributed by atoms with van der Waals surface area (Å²) in [7, 11) is 0. The maximum Gasteiger partial charge on any atom is 0.306 e. The summed E-state index contributed by atoms with van der Waals surface area (Å²) in [5, 5.41) is 0. The molecule has 0 N–H and O–H groups in total. The first-order chi connectivity index (χ1) is 7.81. The maximum atomic E-state index is 11.0. The minimum atomic E-state index is -0.113. The number of ether oxygens (including phenoxy) is 1. The molecule has 0 saturated heterocycles. The first kappa shape index (κ1) is 15.8. The molecular formula is C13H26O2S. The third-order valence-electron chi connectivity index (χ3n) is 2.58. The number of rotatable bonds is 11. The molecule has 0 amide bonds. The molecule has 96 valence electrons. The maximum absolute atomic E-state index is 11.0. The number of carbonyl (C=O) groups excluding carboxylic acids is 1. The van der Waals surface area contributed by atoms with E-state index in [4.69, 9.17) is 4.74 Å². The monoisotopic (exact) mass is 246 g/mol. The van der Waals surface area contributed by atoms with E-state index < -0.39 is 0 Å². The second kappa shape index (κ2) is 12.9. The lowest BCUT2D eigenvalue weighted by atomic mass is 10.1. The van der Waals surface area contributed by atoms with Gasteiger partial charge in [-0.25, -0.2) is 0 Å². The molecule has 0 saturated carbocycles. The van der Waals surface area contributed by atoms with E-state index in [0.29, 0.717) is 18.8 Å². The number of esters is 1. The van der Waals surface area contributed by atoms with Gasteiger partial charge in [-0.3, -0.25) is 4.79 Å². The lowest BCUT2D eigenvalue weighted by molar-refractivity contribution is -0.143. The average Bonchev–Trinajstić information content (AvgIpc) is 2.27. The van der Waals surface area contributed by atoms with E-state index in [-0.39, 0.29) is 5.97 Å². The van der Waals surface area contributed by atoms with E-state index in [9.17, 15) is 4.79 Å². The van der Waals surface area contributed by atoms with Gasteiger partial charge in [-0.05, 0) is 6.42 Å². The smallest absolute Gasteiger partial charge is 0.306 e. The van der Waals surface area contributed by atoms with Crippen LogP contribution >= 0.6 is 12.6 Å². The Morgan fingerprint density at radius 1 is 1.00 bits per heavy atom. The van der Waals surface area contributed by atoms with Crippen LogP contribution in [0.15, 0.2) is 0 Å². The van der Waals surface area contributed by atoms with Crippen molar-refractivity contribution in [1.29, 1.82) is 0 Å². The highest BCUT2D eigenvalue weighted by Crippen LogP contribution is 2.08. The molecular weight excluding hydrogens is 220 g/mol. The largest absolute Gasteiger partial charge is 0.466 e. The predicted octanol–water partition coefficient (Wildman–Crippen LogP) is 3.99. The fourth-order valence-corrected chi connectivity index (χ4v) is 1.77. The second-order valence-electron chi connectivity index (χ2n) is 4.17. The summed E-state index contributed by atoms with van der Waals surface area (Å²) in [6.45, 7) is 2.82. The highest BCUT2D eigenvalue weighted by Gasteiger charge is 1.99. The standard InChI is InChI=1S/C13H26O2S/c1-2-3-4-5-6-7-8-9-11-15-13(14)10-12-16/h16H,2-12H2,1H3. The fraction of sp³-hybridized carbons (Fsp3) is 0.923. The minimum Gasteiger partial charge on any atom is -0.466 e. The molecule has 0 heterocycles. The molecule has 0 aromatic heterocycles. The molecule has 0 aliphatic carbocycles. The van der Waals surface area contributed by atoms with Gasteiger partial charge >= 0.3 is 5.97 Å². The van der Waals surface area contributed by atoms with Crippen LogP contribution in [0.25, 0.3) is 0 Å². The molecule has 0 unspecified atom stereocenters. The van der Waals surface area contributed by atoms with E-state index >= 15 is 0 Å². The summed E-state index contributed by atoms with van der Waals surface area (Å²) < 4.78 is 5.04. The van der Waals surface area contributed by atoms with Crippen molar-refractivity contribution in [2.75, 3.05) is 12.4 Å². The van der Waals surface area contributed by atoms with Gasteiger partial charge in [-0.2, -0.15) is 12.6 Å². The van der Waals surface area contributed by atoms with Crippen molar-refractivity contribution in [2.45, 2.75) is 64.7 Å². The van der Waals surface area contributed by atoms with Crippen LogP contribution in [0.4, 0.5) is 0 Å². The van der Waals surface area contributed by atoms with Crippen molar-refractivity contribution in [3.05, 3.63) is 0 Å². The van der Waals surface area contributed by atoms with Crippen LogP contribution in [0.3, 0.4) is 0 Å². The van der Waals surface area contributed by atoms with Crippen molar-refractivity contribution in [3.63, 3.8) is 0 Å². The molecule has 16 heavy (non-hydrogen) atoms. The van der Waals surface area contributed by atoms with Crippen molar-refractivity contribution in [2.24, 2.45) is 0 Å². The molecule has 0 spiro atoms. The second-order valence-corrected chi connectivity index (χ2v) is 4.62. The van der Waals surface area contributed by atoms with Crippen LogP contribution < -0.4 is 0 Å². The third kappa shape index (κ3) is 11.9. The summed E-state index contributed by atoms with van der Waals surface area (Å²) in [5.74, 6) is 0.467. The quantitative estimate of drug-likeness (QED) is 0.339. The number of carbonyl (C=O) groups is 1. The Kier molecular flexibility index (Phi) is 12.7. The Labute approximate surface area is 106 Å². The van der Waals surface area contributed by atoms with Gasteiger partial charge in [0, 0.05) is 5.75 Å². The number of thiol groups is 1. The molecule has 0 aromatic rings. The first-order valence-electron chi connectivity index (χ1n) is 6.57. The van der Waals surface area contributed by atoms with Gasteiger partial charge in [0.1, 0.15) is 0 Å². The minimum absolute atomic E-state index is 0.113. The van der Waals surface area contributed by atoms with Crippen LogP contribution in [0.2, 0.25) is 0 Å². The van der Waals surface area contributed by atoms with Gasteiger partial charge in [0.15, 0.2) is 0 Å². The predicted molar refractivity (Wildman–Crippen MR) is 72.0 cm³/mol. The van der Waals surface area contributed by atoms with Crippen LogP contribution in [0.1, 0.15) is 64.7 Å². The van der Waals surface area contributed by atoms with E-state index in [2.05, 4.69) is 19.6 Å². The zero-order chi connectivity index (χ0) is 12.1. The van der Waals surface area contributed by atoms with Gasteiger partial charge < -0.3 is 4.74 Å².